The van der Waals surface area contributed by atoms with Crippen LogP contribution in [0.15, 0.2) is 33.9 Å². The number of nitrogens with zero attached hydrogens (tertiary/aromatic N) is 3. The Balaban J connectivity index is 2.40. The van der Waals surface area contributed by atoms with Crippen molar-refractivity contribution in [3.05, 3.63) is 50.9 Å². The van der Waals surface area contributed by atoms with E-state index in [4.69, 9.17) is 0 Å². The van der Waals surface area contributed by atoms with E-state index in [0.29, 0.717) is 4.73 Å². The molecule has 0 saturated heterocycles. The summed E-state index contributed by atoms with van der Waals surface area (Å²) in [7, 11) is 0. The summed E-state index contributed by atoms with van der Waals surface area (Å²) in [5.74, 6) is 0.749. The molecule has 0 aliphatic rings. The van der Waals surface area contributed by atoms with Gasteiger partial charge in [0.15, 0.2) is 4.73 Å². The van der Waals surface area contributed by atoms with Crippen molar-refractivity contribution < 1.29 is 0 Å². The molecule has 5 nitrogen and oxygen atoms in total. The molecule has 0 radical (unpaired) electrons. The van der Waals surface area contributed by atoms with Crippen LogP contribution < -0.4 is 5.56 Å². The van der Waals surface area contributed by atoms with Gasteiger partial charge in [0.05, 0.1) is 11.2 Å². The molecule has 1 N–H and O–H groups in total. The second-order valence-electron chi connectivity index (χ2n) is 4.31. The Morgan fingerprint density at radius 2 is 2.05 bits per heavy atom. The molecule has 19 heavy (non-hydrogen) atoms. The summed E-state index contributed by atoms with van der Waals surface area (Å²) in [6, 6.07) is 5.06. The van der Waals surface area contributed by atoms with E-state index in [1.807, 2.05) is 18.4 Å². The van der Waals surface area contributed by atoms with E-state index in [2.05, 4.69) is 30.9 Å². The standard InChI is InChI=1S/C13H11BrN4O/c1-7-8(2)18(13(14)16-7)12-9-3-4-11(19)17-10(9)5-6-15-12/h3-6H,1-2H3,(H,17,19). The first kappa shape index (κ1) is 12.1. The summed E-state index contributed by atoms with van der Waals surface area (Å²) in [5.41, 5.74) is 2.59. The predicted octanol–water partition coefficient (Wildman–Crippen LogP) is 2.49. The summed E-state index contributed by atoms with van der Waals surface area (Å²) in [6.07, 6.45) is 1.68. The molecule has 0 bridgehead atoms. The van der Waals surface area contributed by atoms with E-state index in [1.165, 1.54) is 6.07 Å². The first-order valence-corrected chi connectivity index (χ1v) is 6.57. The Labute approximate surface area is 117 Å². The summed E-state index contributed by atoms with van der Waals surface area (Å²) < 4.78 is 2.63. The molecular weight excluding hydrogens is 308 g/mol. The van der Waals surface area contributed by atoms with Gasteiger partial charge in [0.25, 0.3) is 0 Å². The highest BCUT2D eigenvalue weighted by atomic mass is 79.9. The lowest BCUT2D eigenvalue weighted by atomic mass is 10.2. The van der Waals surface area contributed by atoms with Gasteiger partial charge in [0.1, 0.15) is 5.82 Å². The zero-order chi connectivity index (χ0) is 13.6. The summed E-state index contributed by atoms with van der Waals surface area (Å²) >= 11 is 3.44. The molecule has 3 heterocycles. The second-order valence-corrected chi connectivity index (χ2v) is 5.01. The lowest BCUT2D eigenvalue weighted by Crippen LogP contribution is -2.06. The Hall–Kier alpha value is -1.95. The van der Waals surface area contributed by atoms with Gasteiger partial charge in [-0.25, -0.2) is 9.97 Å². The molecular formula is C13H11BrN4O. The van der Waals surface area contributed by atoms with Crippen LogP contribution in [0.4, 0.5) is 0 Å². The predicted molar refractivity (Wildman–Crippen MR) is 76.7 cm³/mol. The summed E-state index contributed by atoms with van der Waals surface area (Å²) in [6.45, 7) is 3.93. The van der Waals surface area contributed by atoms with Crippen molar-refractivity contribution in [3.63, 3.8) is 0 Å². The van der Waals surface area contributed by atoms with Gasteiger partial charge in [-0.05, 0) is 41.9 Å². The van der Waals surface area contributed by atoms with Crippen LogP contribution in [0.25, 0.3) is 16.7 Å². The van der Waals surface area contributed by atoms with Crippen LogP contribution in [0.1, 0.15) is 11.4 Å². The number of aromatic nitrogens is 4. The summed E-state index contributed by atoms with van der Waals surface area (Å²) in [5, 5.41) is 0.878. The molecule has 0 aromatic carbocycles. The van der Waals surface area contributed by atoms with Crippen molar-refractivity contribution in [1.29, 1.82) is 0 Å². The number of H-pyrrole nitrogens is 1. The molecule has 0 fully saturated rings. The number of fused-ring (bicyclic) bond motifs is 1. The molecule has 0 unspecified atom stereocenters. The highest BCUT2D eigenvalue weighted by molar-refractivity contribution is 9.10. The van der Waals surface area contributed by atoms with Crippen molar-refractivity contribution in [3.8, 4) is 5.82 Å². The van der Waals surface area contributed by atoms with E-state index in [9.17, 15) is 4.79 Å². The van der Waals surface area contributed by atoms with Gasteiger partial charge in [0.2, 0.25) is 5.56 Å². The molecule has 0 aliphatic carbocycles. The fourth-order valence-electron chi connectivity index (χ4n) is 2.06. The minimum Gasteiger partial charge on any atom is -0.322 e. The molecule has 0 spiro atoms. The average Bonchev–Trinajstić information content (AvgIpc) is 2.62. The quantitative estimate of drug-likeness (QED) is 0.749. The topological polar surface area (TPSA) is 63.6 Å². The van der Waals surface area contributed by atoms with Gasteiger partial charge in [-0.2, -0.15) is 0 Å². The van der Waals surface area contributed by atoms with E-state index in [-0.39, 0.29) is 5.56 Å². The fraction of sp³-hybridized carbons (Fsp3) is 0.154. The molecule has 96 valence electrons. The Morgan fingerprint density at radius 1 is 1.26 bits per heavy atom. The molecule has 3 aromatic rings. The highest BCUT2D eigenvalue weighted by Crippen LogP contribution is 2.24. The second kappa shape index (κ2) is 4.31. The third-order valence-corrected chi connectivity index (χ3v) is 3.68. The number of rotatable bonds is 1. The number of hydrogen-bond donors (Lipinski definition) is 1. The van der Waals surface area contributed by atoms with Gasteiger partial charge in [0, 0.05) is 23.3 Å². The molecule has 3 rings (SSSR count). The minimum atomic E-state index is -0.123. The Morgan fingerprint density at radius 3 is 2.74 bits per heavy atom. The molecule has 0 aliphatic heterocycles. The molecule has 6 heteroatoms. The van der Waals surface area contributed by atoms with E-state index in [1.54, 1.807) is 18.3 Å². The van der Waals surface area contributed by atoms with Crippen LogP contribution in [-0.2, 0) is 0 Å². The third-order valence-electron chi connectivity index (χ3n) is 3.14. The van der Waals surface area contributed by atoms with Crippen LogP contribution in [0.5, 0.6) is 0 Å². The molecule has 3 aromatic heterocycles. The van der Waals surface area contributed by atoms with Crippen molar-refractivity contribution in [2.24, 2.45) is 0 Å². The molecule has 0 amide bonds. The van der Waals surface area contributed by atoms with Crippen LogP contribution in [0.2, 0.25) is 0 Å². The lowest BCUT2D eigenvalue weighted by molar-refractivity contribution is 0.934. The zero-order valence-corrected chi connectivity index (χ0v) is 12.0. The lowest BCUT2D eigenvalue weighted by Gasteiger charge is -2.09. The van der Waals surface area contributed by atoms with Crippen molar-refractivity contribution in [2.75, 3.05) is 0 Å². The molecule has 0 saturated carbocycles. The smallest absolute Gasteiger partial charge is 0.248 e. The van der Waals surface area contributed by atoms with Crippen LogP contribution in [0, 0.1) is 13.8 Å². The Kier molecular flexibility index (Phi) is 2.74. The summed E-state index contributed by atoms with van der Waals surface area (Å²) in [4.78, 5) is 23.0. The maximum Gasteiger partial charge on any atom is 0.248 e. The normalized spacial score (nSPS) is 11.1. The molecule has 0 atom stereocenters. The van der Waals surface area contributed by atoms with E-state index < -0.39 is 0 Å². The largest absolute Gasteiger partial charge is 0.322 e. The number of pyridine rings is 2. The third kappa shape index (κ3) is 1.88. The maximum atomic E-state index is 11.4. The van der Waals surface area contributed by atoms with Crippen LogP contribution >= 0.6 is 15.9 Å². The van der Waals surface area contributed by atoms with Crippen molar-refractivity contribution >= 4 is 26.8 Å². The number of aromatic amines is 1. The highest BCUT2D eigenvalue weighted by Gasteiger charge is 2.14. The van der Waals surface area contributed by atoms with Crippen molar-refractivity contribution in [1.82, 2.24) is 19.5 Å². The number of hydrogen-bond acceptors (Lipinski definition) is 3. The van der Waals surface area contributed by atoms with Gasteiger partial charge in [-0.3, -0.25) is 9.36 Å². The van der Waals surface area contributed by atoms with Crippen LogP contribution in [-0.4, -0.2) is 19.5 Å². The first-order chi connectivity index (χ1) is 9.08. The number of nitrogens with one attached hydrogen (secondary N) is 1. The number of halogens is 1. The van der Waals surface area contributed by atoms with E-state index in [0.717, 1.165) is 28.1 Å². The fourth-order valence-corrected chi connectivity index (χ4v) is 2.76. The van der Waals surface area contributed by atoms with Gasteiger partial charge in [-0.15, -0.1) is 0 Å². The van der Waals surface area contributed by atoms with Crippen LogP contribution in [0.3, 0.4) is 0 Å². The van der Waals surface area contributed by atoms with E-state index >= 15 is 0 Å². The monoisotopic (exact) mass is 318 g/mol. The zero-order valence-electron chi connectivity index (χ0n) is 10.4. The van der Waals surface area contributed by atoms with Gasteiger partial charge >= 0.3 is 0 Å². The van der Waals surface area contributed by atoms with Gasteiger partial charge < -0.3 is 4.98 Å². The first-order valence-electron chi connectivity index (χ1n) is 5.78. The maximum absolute atomic E-state index is 11.4. The SMILES string of the molecule is Cc1nc(Br)n(-c2nccc3[nH]c(=O)ccc23)c1C. The van der Waals surface area contributed by atoms with Crippen molar-refractivity contribution in [2.45, 2.75) is 13.8 Å². The number of imidazole rings is 1. The average molecular weight is 319 g/mol. The number of aryl methyl sites for hydroxylation is 1. The van der Waals surface area contributed by atoms with Gasteiger partial charge in [-0.1, -0.05) is 0 Å². The minimum absolute atomic E-state index is 0.123. The Bertz CT molecular complexity index is 834.